The summed E-state index contributed by atoms with van der Waals surface area (Å²) >= 11 is 0. The van der Waals surface area contributed by atoms with Crippen LogP contribution in [-0.2, 0) is 4.79 Å². The van der Waals surface area contributed by atoms with Crippen LogP contribution >= 0.6 is 0 Å². The van der Waals surface area contributed by atoms with E-state index in [-0.39, 0.29) is 35.7 Å². The largest absolute Gasteiger partial charge is 0.349 e. The van der Waals surface area contributed by atoms with Crippen molar-refractivity contribution in [1.82, 2.24) is 15.1 Å². The number of imide groups is 1. The minimum Gasteiger partial charge on any atom is -0.349 e. The molecular weight excluding hydrogens is 382 g/mol. The highest BCUT2D eigenvalue weighted by atomic mass is 16.2. The number of nitrogens with zero attached hydrogens (tertiary/aromatic N) is 2. The van der Waals surface area contributed by atoms with Gasteiger partial charge in [0.25, 0.3) is 17.7 Å². The lowest BCUT2D eigenvalue weighted by atomic mass is 9.94. The molecule has 4 rings (SSSR count). The Kier molecular flexibility index (Phi) is 5.88. The lowest BCUT2D eigenvalue weighted by molar-refractivity contribution is -0.131. The van der Waals surface area contributed by atoms with Crippen LogP contribution in [0.4, 0.5) is 0 Å². The normalized spacial score (nSPS) is 20.4. The molecule has 1 N–H and O–H groups in total. The van der Waals surface area contributed by atoms with Crippen LogP contribution in [0, 0.1) is 0 Å². The first kappa shape index (κ1) is 20.6. The first-order valence-electron chi connectivity index (χ1n) is 11.1. The third kappa shape index (κ3) is 3.85. The van der Waals surface area contributed by atoms with Gasteiger partial charge in [0.05, 0.1) is 11.1 Å². The van der Waals surface area contributed by atoms with Gasteiger partial charge in [0, 0.05) is 37.2 Å². The van der Waals surface area contributed by atoms with E-state index in [2.05, 4.69) is 5.32 Å². The number of nitrogens with one attached hydrogen (secondary N) is 1. The third-order valence-corrected chi connectivity index (χ3v) is 6.61. The Morgan fingerprint density at radius 2 is 1.63 bits per heavy atom. The summed E-state index contributed by atoms with van der Waals surface area (Å²) < 4.78 is 0. The van der Waals surface area contributed by atoms with Crippen LogP contribution in [0.25, 0.3) is 0 Å². The first-order chi connectivity index (χ1) is 14.5. The van der Waals surface area contributed by atoms with E-state index in [1.807, 2.05) is 11.8 Å². The van der Waals surface area contributed by atoms with Crippen LogP contribution in [0.5, 0.6) is 0 Å². The van der Waals surface area contributed by atoms with Crippen molar-refractivity contribution in [3.05, 3.63) is 34.9 Å². The second-order valence-corrected chi connectivity index (χ2v) is 8.51. The molecule has 1 aromatic rings. The van der Waals surface area contributed by atoms with Gasteiger partial charge in [0.1, 0.15) is 0 Å². The lowest BCUT2D eigenvalue weighted by Gasteiger charge is -2.32. The van der Waals surface area contributed by atoms with Gasteiger partial charge in [-0.05, 0) is 43.9 Å². The zero-order valence-corrected chi connectivity index (χ0v) is 17.5. The lowest BCUT2D eigenvalue weighted by Crippen LogP contribution is -2.46. The summed E-state index contributed by atoms with van der Waals surface area (Å²) in [5, 5.41) is 3.02. The van der Waals surface area contributed by atoms with Crippen molar-refractivity contribution in [2.45, 2.75) is 70.4 Å². The summed E-state index contributed by atoms with van der Waals surface area (Å²) in [6, 6.07) is 4.76. The van der Waals surface area contributed by atoms with Gasteiger partial charge >= 0.3 is 0 Å². The molecule has 1 aromatic carbocycles. The predicted molar refractivity (Wildman–Crippen MR) is 111 cm³/mol. The zero-order valence-electron chi connectivity index (χ0n) is 17.5. The Bertz CT molecular complexity index is 867. The maximum atomic E-state index is 12.9. The number of likely N-dealkylation sites (tertiary alicyclic amines) is 1. The number of benzene rings is 1. The van der Waals surface area contributed by atoms with Crippen LogP contribution < -0.4 is 5.32 Å². The maximum absolute atomic E-state index is 12.9. The molecule has 0 aromatic heterocycles. The van der Waals surface area contributed by atoms with Gasteiger partial charge in [-0.1, -0.05) is 26.2 Å². The number of carbonyl (C=O) groups is 4. The third-order valence-electron chi connectivity index (χ3n) is 6.61. The standard InChI is InChI=1S/C23H29N3O4/c1-2-20(27)25-12-10-16(11-13-25)24-21(28)15-8-9-18-19(14-15)23(30)26(22(18)29)17-6-4-3-5-7-17/h8-9,14,16-17H,2-7,10-13H2,1H3,(H,24,28). The van der Waals surface area contributed by atoms with Gasteiger partial charge in [-0.2, -0.15) is 0 Å². The van der Waals surface area contributed by atoms with E-state index in [4.69, 9.17) is 0 Å². The number of carbonyl (C=O) groups excluding carboxylic acids is 4. The molecule has 0 radical (unpaired) electrons. The SMILES string of the molecule is CCC(=O)N1CCC(NC(=O)c2ccc3c(c2)C(=O)N(C2CCCCC2)C3=O)CC1. The summed E-state index contributed by atoms with van der Waals surface area (Å²) in [6.07, 6.45) is 6.87. The van der Waals surface area contributed by atoms with Crippen molar-refractivity contribution >= 4 is 23.6 Å². The summed E-state index contributed by atoms with van der Waals surface area (Å²) in [6.45, 7) is 3.14. The van der Waals surface area contributed by atoms with E-state index < -0.39 is 0 Å². The van der Waals surface area contributed by atoms with Crippen molar-refractivity contribution in [3.8, 4) is 0 Å². The molecule has 2 heterocycles. The average molecular weight is 412 g/mol. The number of rotatable bonds is 4. The number of hydrogen-bond donors (Lipinski definition) is 1. The van der Waals surface area contributed by atoms with Gasteiger partial charge in [-0.25, -0.2) is 0 Å². The molecule has 2 aliphatic heterocycles. The Morgan fingerprint density at radius 1 is 0.967 bits per heavy atom. The Labute approximate surface area is 176 Å². The number of hydrogen-bond acceptors (Lipinski definition) is 4. The Balaban J connectivity index is 1.42. The van der Waals surface area contributed by atoms with Crippen molar-refractivity contribution < 1.29 is 19.2 Å². The van der Waals surface area contributed by atoms with Crippen molar-refractivity contribution in [1.29, 1.82) is 0 Å². The molecule has 3 aliphatic rings. The van der Waals surface area contributed by atoms with Gasteiger partial charge < -0.3 is 10.2 Å². The van der Waals surface area contributed by atoms with Crippen LogP contribution in [0.15, 0.2) is 18.2 Å². The minimum absolute atomic E-state index is 0.00253. The van der Waals surface area contributed by atoms with Gasteiger partial charge in [-0.3, -0.25) is 24.1 Å². The second-order valence-electron chi connectivity index (χ2n) is 8.51. The molecular formula is C23H29N3O4. The van der Waals surface area contributed by atoms with Gasteiger partial charge in [0.2, 0.25) is 5.91 Å². The monoisotopic (exact) mass is 411 g/mol. The van der Waals surface area contributed by atoms with Crippen LogP contribution in [0.3, 0.4) is 0 Å². The Hall–Kier alpha value is -2.70. The molecule has 0 unspecified atom stereocenters. The van der Waals surface area contributed by atoms with Crippen molar-refractivity contribution in [2.75, 3.05) is 13.1 Å². The van der Waals surface area contributed by atoms with E-state index in [0.29, 0.717) is 36.2 Å². The molecule has 2 fully saturated rings. The fourth-order valence-electron chi connectivity index (χ4n) is 4.84. The number of piperidine rings is 1. The molecule has 7 nitrogen and oxygen atoms in total. The quantitative estimate of drug-likeness (QED) is 0.772. The predicted octanol–water partition coefficient (Wildman–Crippen LogP) is 2.75. The molecule has 4 amide bonds. The Morgan fingerprint density at radius 3 is 2.30 bits per heavy atom. The first-order valence-corrected chi connectivity index (χ1v) is 11.1. The topological polar surface area (TPSA) is 86.8 Å². The fourth-order valence-corrected chi connectivity index (χ4v) is 4.84. The molecule has 7 heteroatoms. The van der Waals surface area contributed by atoms with Gasteiger partial charge in [-0.15, -0.1) is 0 Å². The molecule has 0 spiro atoms. The summed E-state index contributed by atoms with van der Waals surface area (Å²) in [5.74, 6) is -0.608. The average Bonchev–Trinajstić information content (AvgIpc) is 3.03. The highest BCUT2D eigenvalue weighted by Gasteiger charge is 2.40. The van der Waals surface area contributed by atoms with Crippen LogP contribution in [0.2, 0.25) is 0 Å². The molecule has 1 saturated carbocycles. The van der Waals surface area contributed by atoms with Crippen LogP contribution in [-0.4, -0.2) is 58.6 Å². The number of fused-ring (bicyclic) bond motifs is 1. The molecule has 1 saturated heterocycles. The molecule has 1 aliphatic carbocycles. The molecule has 0 atom stereocenters. The van der Waals surface area contributed by atoms with E-state index >= 15 is 0 Å². The van der Waals surface area contributed by atoms with Crippen molar-refractivity contribution in [2.24, 2.45) is 0 Å². The van der Waals surface area contributed by atoms with E-state index in [1.165, 1.54) is 4.90 Å². The van der Waals surface area contributed by atoms with E-state index in [1.54, 1.807) is 18.2 Å². The second kappa shape index (κ2) is 8.58. The van der Waals surface area contributed by atoms with Gasteiger partial charge in [0.15, 0.2) is 0 Å². The maximum Gasteiger partial charge on any atom is 0.261 e. The summed E-state index contributed by atoms with van der Waals surface area (Å²) in [5.41, 5.74) is 1.13. The smallest absolute Gasteiger partial charge is 0.261 e. The highest BCUT2D eigenvalue weighted by Crippen LogP contribution is 2.31. The molecule has 0 bridgehead atoms. The molecule has 30 heavy (non-hydrogen) atoms. The van der Waals surface area contributed by atoms with Crippen LogP contribution in [0.1, 0.15) is 89.4 Å². The minimum atomic E-state index is -0.275. The zero-order chi connectivity index (χ0) is 21.3. The molecule has 160 valence electrons. The van der Waals surface area contributed by atoms with E-state index in [0.717, 1.165) is 44.9 Å². The van der Waals surface area contributed by atoms with E-state index in [9.17, 15) is 19.2 Å². The highest BCUT2D eigenvalue weighted by molar-refractivity contribution is 6.22. The summed E-state index contributed by atoms with van der Waals surface area (Å²) in [7, 11) is 0. The van der Waals surface area contributed by atoms with Crippen molar-refractivity contribution in [3.63, 3.8) is 0 Å². The summed E-state index contributed by atoms with van der Waals surface area (Å²) in [4.78, 5) is 53.5. The fraction of sp³-hybridized carbons (Fsp3) is 0.565. The number of amides is 4.